The first-order valence-electron chi connectivity index (χ1n) is 3.13. The fourth-order valence-corrected chi connectivity index (χ4v) is 0.399. The predicted molar refractivity (Wildman–Crippen MR) is 40.9 cm³/mol. The number of aliphatic carboxylic acids is 2. The Morgan fingerprint density at radius 1 is 1.46 bits per heavy atom. The first-order valence-corrected chi connectivity index (χ1v) is 3.13. The van der Waals surface area contributed by atoms with Gasteiger partial charge in [-0.2, -0.15) is 0 Å². The standard InChI is InChI=1S/C5H9N3O5/c6-5(7-1-2(9)10)8-3(11)4(12)13/h3,11H,1H2,(H,9,10)(H,12,13)(H3,6,7,8)/t3-/m1/s1. The molecule has 0 unspecified atom stereocenters. The van der Waals surface area contributed by atoms with E-state index in [0.29, 0.717) is 0 Å². The molecule has 1 atom stereocenters. The maximum absolute atomic E-state index is 10.0. The lowest BCUT2D eigenvalue weighted by Gasteiger charge is -2.03. The van der Waals surface area contributed by atoms with Gasteiger partial charge in [0.15, 0.2) is 5.96 Å². The Morgan fingerprint density at radius 2 is 2.00 bits per heavy atom. The van der Waals surface area contributed by atoms with Crippen molar-refractivity contribution in [2.75, 3.05) is 6.54 Å². The number of aliphatic hydroxyl groups is 1. The molecule has 0 radical (unpaired) electrons. The second-order valence-corrected chi connectivity index (χ2v) is 1.97. The highest BCUT2D eigenvalue weighted by Gasteiger charge is 2.11. The molecule has 8 heteroatoms. The SMILES string of the molecule is NC(=N[C@H](O)C(=O)O)NCC(=O)O. The zero-order valence-electron chi connectivity index (χ0n) is 6.47. The van der Waals surface area contributed by atoms with Gasteiger partial charge in [-0.1, -0.05) is 0 Å². The Balaban J connectivity index is 4.01. The second kappa shape index (κ2) is 4.93. The number of carboxylic acids is 2. The van der Waals surface area contributed by atoms with Crippen LogP contribution in [0.2, 0.25) is 0 Å². The van der Waals surface area contributed by atoms with E-state index in [-0.39, 0.29) is 0 Å². The maximum Gasteiger partial charge on any atom is 0.355 e. The van der Waals surface area contributed by atoms with Gasteiger partial charge in [0.1, 0.15) is 6.54 Å². The summed E-state index contributed by atoms with van der Waals surface area (Å²) >= 11 is 0. The summed E-state index contributed by atoms with van der Waals surface area (Å²) in [6, 6.07) is 0. The number of carboxylic acid groups (broad SMARTS) is 2. The van der Waals surface area contributed by atoms with Gasteiger partial charge in [-0.05, 0) is 0 Å². The summed E-state index contributed by atoms with van der Waals surface area (Å²) in [6.07, 6.45) is -1.98. The van der Waals surface area contributed by atoms with Crippen LogP contribution in [0.5, 0.6) is 0 Å². The summed E-state index contributed by atoms with van der Waals surface area (Å²) in [5.74, 6) is -3.19. The minimum absolute atomic E-state index is 0.447. The molecule has 0 aliphatic carbocycles. The summed E-state index contributed by atoms with van der Waals surface area (Å²) in [5, 5.41) is 27.0. The molecule has 0 saturated heterocycles. The lowest BCUT2D eigenvalue weighted by molar-refractivity contribution is -0.146. The van der Waals surface area contributed by atoms with E-state index in [4.69, 9.17) is 21.1 Å². The highest BCUT2D eigenvalue weighted by molar-refractivity contribution is 5.84. The molecular formula is C5H9N3O5. The van der Waals surface area contributed by atoms with Crippen LogP contribution in [0.15, 0.2) is 4.99 Å². The van der Waals surface area contributed by atoms with Crippen LogP contribution in [0, 0.1) is 0 Å². The third-order valence-corrected chi connectivity index (χ3v) is 0.903. The molecule has 0 fully saturated rings. The average Bonchev–Trinajstić information content (AvgIpc) is 2.00. The summed E-state index contributed by atoms with van der Waals surface area (Å²) in [7, 11) is 0. The van der Waals surface area contributed by atoms with E-state index >= 15 is 0 Å². The van der Waals surface area contributed by atoms with Gasteiger partial charge in [-0.25, -0.2) is 9.79 Å². The topological polar surface area (TPSA) is 145 Å². The first-order chi connectivity index (χ1) is 5.93. The van der Waals surface area contributed by atoms with Gasteiger partial charge in [0.2, 0.25) is 6.23 Å². The van der Waals surface area contributed by atoms with Crippen LogP contribution in [0.3, 0.4) is 0 Å². The van der Waals surface area contributed by atoms with Crippen LogP contribution in [-0.2, 0) is 9.59 Å². The zero-order valence-corrected chi connectivity index (χ0v) is 6.47. The van der Waals surface area contributed by atoms with Crippen molar-refractivity contribution in [2.45, 2.75) is 6.23 Å². The van der Waals surface area contributed by atoms with Gasteiger partial charge in [-0.3, -0.25) is 4.79 Å². The number of nitrogens with one attached hydrogen (secondary N) is 1. The van der Waals surface area contributed by atoms with Crippen LogP contribution in [0.4, 0.5) is 0 Å². The molecule has 6 N–H and O–H groups in total. The van der Waals surface area contributed by atoms with Crippen molar-refractivity contribution in [1.82, 2.24) is 5.32 Å². The molecule has 0 aliphatic heterocycles. The average molecular weight is 191 g/mol. The summed E-state index contributed by atoms with van der Waals surface area (Å²) in [4.78, 5) is 23.0. The van der Waals surface area contributed by atoms with Gasteiger partial charge in [0.05, 0.1) is 0 Å². The van der Waals surface area contributed by atoms with Crippen molar-refractivity contribution in [3.8, 4) is 0 Å². The van der Waals surface area contributed by atoms with Crippen LogP contribution in [0.1, 0.15) is 0 Å². The summed E-state index contributed by atoms with van der Waals surface area (Å²) in [5.41, 5.74) is 5.01. The molecule has 0 spiro atoms. The number of aliphatic hydroxyl groups excluding tert-OH is 1. The maximum atomic E-state index is 10.0. The van der Waals surface area contributed by atoms with Gasteiger partial charge < -0.3 is 26.4 Å². The van der Waals surface area contributed by atoms with Crippen molar-refractivity contribution in [2.24, 2.45) is 10.7 Å². The van der Waals surface area contributed by atoms with Crippen LogP contribution in [-0.4, -0.2) is 46.0 Å². The minimum atomic E-state index is -1.98. The fourth-order valence-electron chi connectivity index (χ4n) is 0.399. The van der Waals surface area contributed by atoms with Gasteiger partial charge >= 0.3 is 11.9 Å². The number of rotatable bonds is 4. The Kier molecular flexibility index (Phi) is 4.24. The molecule has 0 heterocycles. The van der Waals surface area contributed by atoms with Gasteiger partial charge in [-0.15, -0.1) is 0 Å². The molecule has 0 rings (SSSR count). The monoisotopic (exact) mass is 191 g/mol. The summed E-state index contributed by atoms with van der Waals surface area (Å²) in [6.45, 7) is -0.498. The first kappa shape index (κ1) is 11.2. The molecule has 8 nitrogen and oxygen atoms in total. The molecule has 0 aromatic rings. The van der Waals surface area contributed by atoms with E-state index in [1.807, 2.05) is 0 Å². The highest BCUT2D eigenvalue weighted by Crippen LogP contribution is 1.83. The van der Waals surface area contributed by atoms with E-state index < -0.39 is 30.7 Å². The molecule has 0 aromatic heterocycles. The fraction of sp³-hybridized carbons (Fsp3) is 0.400. The minimum Gasteiger partial charge on any atom is -0.480 e. The Morgan fingerprint density at radius 3 is 2.38 bits per heavy atom. The number of nitrogens with zero attached hydrogens (tertiary/aromatic N) is 1. The molecule has 0 aliphatic rings. The van der Waals surface area contributed by atoms with Crippen molar-refractivity contribution in [3.05, 3.63) is 0 Å². The molecule has 0 aromatic carbocycles. The Labute approximate surface area is 72.7 Å². The molecular weight excluding hydrogens is 182 g/mol. The van der Waals surface area contributed by atoms with Gasteiger partial charge in [0, 0.05) is 0 Å². The van der Waals surface area contributed by atoms with Crippen molar-refractivity contribution >= 4 is 17.9 Å². The largest absolute Gasteiger partial charge is 0.480 e. The van der Waals surface area contributed by atoms with Crippen molar-refractivity contribution < 1.29 is 24.9 Å². The molecule has 0 amide bonds. The van der Waals surface area contributed by atoms with Crippen LogP contribution < -0.4 is 11.1 Å². The number of nitrogens with two attached hydrogens (primary N) is 1. The molecule has 74 valence electrons. The highest BCUT2D eigenvalue weighted by atomic mass is 16.4. The van der Waals surface area contributed by atoms with Crippen molar-refractivity contribution in [1.29, 1.82) is 0 Å². The normalized spacial score (nSPS) is 13.5. The third-order valence-electron chi connectivity index (χ3n) is 0.903. The lowest BCUT2D eigenvalue weighted by atomic mass is 10.6. The smallest absolute Gasteiger partial charge is 0.355 e. The molecule has 0 bridgehead atoms. The molecule has 0 saturated carbocycles. The van der Waals surface area contributed by atoms with E-state index in [2.05, 4.69) is 10.3 Å². The van der Waals surface area contributed by atoms with Crippen molar-refractivity contribution in [3.63, 3.8) is 0 Å². The predicted octanol–water partition coefficient (Wildman–Crippen LogP) is -2.62. The second-order valence-electron chi connectivity index (χ2n) is 1.97. The summed E-state index contributed by atoms with van der Waals surface area (Å²) < 4.78 is 0. The zero-order chi connectivity index (χ0) is 10.4. The van der Waals surface area contributed by atoms with E-state index in [9.17, 15) is 9.59 Å². The number of guanidine groups is 1. The Hall–Kier alpha value is -1.83. The quantitative estimate of drug-likeness (QED) is 0.241. The number of carbonyl (C=O) groups is 2. The number of aliphatic imine (C=N–C) groups is 1. The van der Waals surface area contributed by atoms with Crippen LogP contribution >= 0.6 is 0 Å². The van der Waals surface area contributed by atoms with Gasteiger partial charge in [0.25, 0.3) is 0 Å². The van der Waals surface area contributed by atoms with E-state index in [1.54, 1.807) is 0 Å². The Bertz CT molecular complexity index is 238. The lowest BCUT2D eigenvalue weighted by Crippen LogP contribution is -2.37. The van der Waals surface area contributed by atoms with E-state index in [1.165, 1.54) is 0 Å². The number of hydrogen-bond donors (Lipinski definition) is 5. The third kappa shape index (κ3) is 5.44. The molecule has 13 heavy (non-hydrogen) atoms. The van der Waals surface area contributed by atoms with Crippen LogP contribution in [0.25, 0.3) is 0 Å². The number of hydrogen-bond acceptors (Lipinski definition) is 4. The van der Waals surface area contributed by atoms with E-state index in [0.717, 1.165) is 0 Å².